The summed E-state index contributed by atoms with van der Waals surface area (Å²) in [5, 5.41) is 19.6. The summed E-state index contributed by atoms with van der Waals surface area (Å²) in [5.41, 5.74) is 0.930. The normalized spacial score (nSPS) is 16.1. The zero-order valence-electron chi connectivity index (χ0n) is 11.4. The molecule has 20 heavy (non-hydrogen) atoms. The minimum absolute atomic E-state index is 0.0123. The summed E-state index contributed by atoms with van der Waals surface area (Å²) in [5.74, 6) is -0.818. The fourth-order valence-corrected chi connectivity index (χ4v) is 2.41. The van der Waals surface area contributed by atoms with E-state index in [1.54, 1.807) is 12.1 Å². The molecule has 0 aromatic heterocycles. The first-order chi connectivity index (χ1) is 9.49. The first-order valence-corrected chi connectivity index (χ1v) is 6.71. The van der Waals surface area contributed by atoms with Crippen LogP contribution in [0.1, 0.15) is 37.8 Å². The Kier molecular flexibility index (Phi) is 4.34. The number of non-ortho nitro benzene ring substituents is 1. The Bertz CT molecular complexity index is 514. The molecule has 1 aromatic carbocycles. The maximum Gasteiger partial charge on any atom is 0.304 e. The van der Waals surface area contributed by atoms with E-state index in [0.29, 0.717) is 12.6 Å². The van der Waals surface area contributed by atoms with E-state index in [9.17, 15) is 14.9 Å². The van der Waals surface area contributed by atoms with Crippen molar-refractivity contribution < 1.29 is 14.8 Å². The number of nitro groups is 1. The third kappa shape index (κ3) is 3.54. The summed E-state index contributed by atoms with van der Waals surface area (Å²) < 4.78 is 0. The van der Waals surface area contributed by atoms with Gasteiger partial charge in [0.1, 0.15) is 0 Å². The molecule has 0 radical (unpaired) electrons. The molecule has 0 spiro atoms. The Hall–Kier alpha value is -1.95. The predicted octanol–water partition coefficient (Wildman–Crippen LogP) is 2.59. The van der Waals surface area contributed by atoms with Crippen molar-refractivity contribution in [2.75, 3.05) is 6.54 Å². The van der Waals surface area contributed by atoms with Gasteiger partial charge in [-0.25, -0.2) is 0 Å². The predicted molar refractivity (Wildman–Crippen MR) is 73.5 cm³/mol. The molecule has 0 amide bonds. The van der Waals surface area contributed by atoms with Crippen LogP contribution in [0, 0.1) is 10.1 Å². The van der Waals surface area contributed by atoms with Crippen LogP contribution in [0.2, 0.25) is 0 Å². The van der Waals surface area contributed by atoms with E-state index >= 15 is 0 Å². The number of nitrogens with zero attached hydrogens (tertiary/aromatic N) is 2. The number of aliphatic carboxylic acids is 1. The van der Waals surface area contributed by atoms with Crippen molar-refractivity contribution in [3.05, 3.63) is 39.9 Å². The van der Waals surface area contributed by atoms with Crippen LogP contribution in [0.5, 0.6) is 0 Å². The van der Waals surface area contributed by atoms with E-state index in [1.165, 1.54) is 6.07 Å². The molecule has 1 fully saturated rings. The van der Waals surface area contributed by atoms with Crippen molar-refractivity contribution in [2.24, 2.45) is 0 Å². The molecule has 0 saturated heterocycles. The van der Waals surface area contributed by atoms with Crippen molar-refractivity contribution in [1.82, 2.24) is 4.90 Å². The van der Waals surface area contributed by atoms with Gasteiger partial charge in [-0.2, -0.15) is 0 Å². The van der Waals surface area contributed by atoms with Crippen LogP contribution < -0.4 is 0 Å². The fraction of sp³-hybridized carbons (Fsp3) is 0.500. The highest BCUT2D eigenvalue weighted by Gasteiger charge is 2.33. The van der Waals surface area contributed by atoms with Gasteiger partial charge in [-0.3, -0.25) is 19.8 Å². The number of hydrogen-bond acceptors (Lipinski definition) is 4. The van der Waals surface area contributed by atoms with Gasteiger partial charge < -0.3 is 5.11 Å². The third-order valence-electron chi connectivity index (χ3n) is 3.66. The molecule has 1 N–H and O–H groups in total. The number of hydrogen-bond donors (Lipinski definition) is 1. The highest BCUT2D eigenvalue weighted by atomic mass is 16.6. The average Bonchev–Trinajstić information content (AvgIpc) is 3.23. The summed E-state index contributed by atoms with van der Waals surface area (Å²) in [6.07, 6.45) is 2.23. The monoisotopic (exact) mass is 278 g/mol. The maximum atomic E-state index is 10.8. The van der Waals surface area contributed by atoms with Crippen LogP contribution in [-0.4, -0.2) is 33.5 Å². The highest BCUT2D eigenvalue weighted by Crippen LogP contribution is 2.35. The van der Waals surface area contributed by atoms with Gasteiger partial charge in [0, 0.05) is 30.8 Å². The second-order valence-electron chi connectivity index (χ2n) is 5.14. The Morgan fingerprint density at radius 1 is 1.55 bits per heavy atom. The molecule has 0 heterocycles. The van der Waals surface area contributed by atoms with E-state index in [0.717, 1.165) is 18.4 Å². The van der Waals surface area contributed by atoms with Gasteiger partial charge in [0.15, 0.2) is 0 Å². The molecule has 108 valence electrons. The van der Waals surface area contributed by atoms with E-state index in [4.69, 9.17) is 5.11 Å². The second kappa shape index (κ2) is 6.00. The zero-order valence-corrected chi connectivity index (χ0v) is 11.4. The number of nitro benzene ring substituents is 1. The molecule has 6 heteroatoms. The van der Waals surface area contributed by atoms with Gasteiger partial charge in [0.25, 0.3) is 5.69 Å². The van der Waals surface area contributed by atoms with E-state index in [1.807, 2.05) is 13.0 Å². The fourth-order valence-electron chi connectivity index (χ4n) is 2.41. The molecular formula is C14H18N2O4. The van der Waals surface area contributed by atoms with Gasteiger partial charge in [-0.05, 0) is 25.3 Å². The van der Waals surface area contributed by atoms with Crippen LogP contribution in [0.4, 0.5) is 5.69 Å². The molecule has 1 aliphatic rings. The van der Waals surface area contributed by atoms with Gasteiger partial charge >= 0.3 is 5.97 Å². The lowest BCUT2D eigenvalue weighted by Gasteiger charge is -2.28. The number of carboxylic acids is 1. The average molecular weight is 278 g/mol. The second-order valence-corrected chi connectivity index (χ2v) is 5.14. The minimum Gasteiger partial charge on any atom is -0.481 e. The smallest absolute Gasteiger partial charge is 0.304 e. The minimum atomic E-state index is -0.818. The third-order valence-corrected chi connectivity index (χ3v) is 3.66. The molecule has 2 rings (SSSR count). The maximum absolute atomic E-state index is 10.8. The van der Waals surface area contributed by atoms with Crippen molar-refractivity contribution in [3.8, 4) is 0 Å². The lowest BCUT2D eigenvalue weighted by molar-refractivity contribution is -0.385. The molecule has 0 bridgehead atoms. The summed E-state index contributed by atoms with van der Waals surface area (Å²) >= 11 is 0. The number of carbonyl (C=O) groups is 1. The molecule has 1 aliphatic carbocycles. The van der Waals surface area contributed by atoms with E-state index < -0.39 is 10.9 Å². The topological polar surface area (TPSA) is 83.7 Å². The Labute approximate surface area is 117 Å². The van der Waals surface area contributed by atoms with Crippen molar-refractivity contribution in [1.29, 1.82) is 0 Å². The van der Waals surface area contributed by atoms with Gasteiger partial charge in [-0.15, -0.1) is 0 Å². The highest BCUT2D eigenvalue weighted by molar-refractivity contribution is 5.66. The molecule has 6 nitrogen and oxygen atoms in total. The van der Waals surface area contributed by atoms with Crippen LogP contribution in [0.3, 0.4) is 0 Å². The molecule has 1 aromatic rings. The summed E-state index contributed by atoms with van der Waals surface area (Å²) in [7, 11) is 0. The Morgan fingerprint density at radius 2 is 2.25 bits per heavy atom. The zero-order chi connectivity index (χ0) is 14.7. The SMILES string of the molecule is CC(c1cccc([N+](=O)[O-])c1)N(CCC(=O)O)C1CC1. The summed E-state index contributed by atoms with van der Waals surface area (Å²) in [6.45, 7) is 2.45. The summed E-state index contributed by atoms with van der Waals surface area (Å²) in [4.78, 5) is 23.3. The number of carboxylic acid groups (broad SMARTS) is 1. The number of rotatable bonds is 7. The van der Waals surface area contributed by atoms with Crippen molar-refractivity contribution >= 4 is 11.7 Å². The largest absolute Gasteiger partial charge is 0.481 e. The van der Waals surface area contributed by atoms with Crippen LogP contribution in [0.15, 0.2) is 24.3 Å². The molecule has 1 saturated carbocycles. The molecule has 1 atom stereocenters. The van der Waals surface area contributed by atoms with Crippen LogP contribution >= 0.6 is 0 Å². The molecule has 1 unspecified atom stereocenters. The van der Waals surface area contributed by atoms with Gasteiger partial charge in [0.05, 0.1) is 11.3 Å². The van der Waals surface area contributed by atoms with Crippen LogP contribution in [0.25, 0.3) is 0 Å². The number of benzene rings is 1. The van der Waals surface area contributed by atoms with Crippen LogP contribution in [-0.2, 0) is 4.79 Å². The molecule has 0 aliphatic heterocycles. The lowest BCUT2D eigenvalue weighted by Crippen LogP contribution is -2.31. The lowest BCUT2D eigenvalue weighted by atomic mass is 10.1. The Morgan fingerprint density at radius 3 is 2.80 bits per heavy atom. The van der Waals surface area contributed by atoms with Gasteiger partial charge in [0.2, 0.25) is 0 Å². The van der Waals surface area contributed by atoms with Crippen molar-refractivity contribution in [3.63, 3.8) is 0 Å². The summed E-state index contributed by atoms with van der Waals surface area (Å²) in [6, 6.07) is 6.96. The van der Waals surface area contributed by atoms with Gasteiger partial charge in [-0.1, -0.05) is 12.1 Å². The standard InChI is InChI=1S/C14H18N2O4/c1-10(11-3-2-4-13(9-11)16(19)20)15(12-5-6-12)8-7-14(17)18/h2-4,9-10,12H,5-8H2,1H3,(H,17,18). The van der Waals surface area contributed by atoms with E-state index in [-0.39, 0.29) is 18.2 Å². The molecular weight excluding hydrogens is 260 g/mol. The first kappa shape index (κ1) is 14.5. The quantitative estimate of drug-likeness (QED) is 0.612. The van der Waals surface area contributed by atoms with E-state index in [2.05, 4.69) is 4.90 Å². The van der Waals surface area contributed by atoms with Crippen molar-refractivity contribution in [2.45, 2.75) is 38.3 Å². The Balaban J connectivity index is 2.14. The first-order valence-electron chi connectivity index (χ1n) is 6.71.